The molecule has 1 aliphatic rings. The molecule has 0 saturated carbocycles. The molecule has 2 aromatic rings. The number of hydrogen-bond donors (Lipinski definition) is 2. The van der Waals surface area contributed by atoms with E-state index in [4.69, 9.17) is 23.2 Å². The van der Waals surface area contributed by atoms with E-state index < -0.39 is 28.0 Å². The molecule has 0 spiro atoms. The number of phenols is 1. The molecule has 0 aromatic heterocycles. The Morgan fingerprint density at radius 1 is 1.08 bits per heavy atom. The molecule has 0 bridgehead atoms. The van der Waals surface area contributed by atoms with Gasteiger partial charge in [-0.1, -0.05) is 35.3 Å². The van der Waals surface area contributed by atoms with E-state index in [9.17, 15) is 23.4 Å². The van der Waals surface area contributed by atoms with Crippen LogP contribution in [0, 0.1) is 0 Å². The van der Waals surface area contributed by atoms with Crippen LogP contribution in [0.5, 0.6) is 5.75 Å². The second kappa shape index (κ2) is 7.08. The second-order valence-corrected chi connectivity index (χ2v) is 8.75. The fraction of sp³-hybridized carbons (Fsp3) is 0.235. The topological polar surface area (TPSA) is 94.9 Å². The summed E-state index contributed by atoms with van der Waals surface area (Å²) >= 11 is 11.8. The van der Waals surface area contributed by atoms with Crippen LogP contribution in [-0.2, 0) is 14.8 Å². The zero-order valence-corrected chi connectivity index (χ0v) is 15.7. The molecular weight excluding hydrogens is 401 g/mol. The van der Waals surface area contributed by atoms with Gasteiger partial charge in [0.1, 0.15) is 11.8 Å². The molecule has 2 unspecified atom stereocenters. The van der Waals surface area contributed by atoms with Crippen molar-refractivity contribution >= 4 is 39.2 Å². The molecule has 2 N–H and O–H groups in total. The fourth-order valence-corrected chi connectivity index (χ4v) is 5.57. The molecule has 1 aliphatic heterocycles. The largest absolute Gasteiger partial charge is 0.508 e. The number of nitrogens with zero attached hydrogens (tertiary/aromatic N) is 1. The maximum atomic E-state index is 13.0. The van der Waals surface area contributed by atoms with Crippen molar-refractivity contribution < 1.29 is 23.4 Å². The van der Waals surface area contributed by atoms with Crippen LogP contribution in [0.15, 0.2) is 47.4 Å². The zero-order chi connectivity index (χ0) is 19.1. The van der Waals surface area contributed by atoms with E-state index in [0.29, 0.717) is 12.0 Å². The van der Waals surface area contributed by atoms with Gasteiger partial charge in [-0.15, -0.1) is 0 Å². The first-order valence-corrected chi connectivity index (χ1v) is 9.89. The highest BCUT2D eigenvalue weighted by Gasteiger charge is 2.46. The molecule has 0 radical (unpaired) electrons. The van der Waals surface area contributed by atoms with Gasteiger partial charge in [0.25, 0.3) is 0 Å². The summed E-state index contributed by atoms with van der Waals surface area (Å²) in [6.07, 6.45) is 0.343. The minimum Gasteiger partial charge on any atom is -0.508 e. The predicted octanol–water partition coefficient (Wildman–Crippen LogP) is 3.33. The average molecular weight is 416 g/mol. The Labute approximate surface area is 160 Å². The molecule has 1 fully saturated rings. The Morgan fingerprint density at radius 2 is 1.65 bits per heavy atom. The normalized spacial score (nSPS) is 21.0. The summed E-state index contributed by atoms with van der Waals surface area (Å²) in [5, 5.41) is 19.4. The van der Waals surface area contributed by atoms with Crippen molar-refractivity contribution in [1.82, 2.24) is 4.31 Å². The lowest BCUT2D eigenvalue weighted by molar-refractivity contribution is -0.141. The van der Waals surface area contributed by atoms with Crippen molar-refractivity contribution in [1.29, 1.82) is 0 Å². The van der Waals surface area contributed by atoms with E-state index in [-0.39, 0.29) is 27.2 Å². The summed E-state index contributed by atoms with van der Waals surface area (Å²) in [4.78, 5) is 11.7. The second-order valence-electron chi connectivity index (χ2n) is 5.99. The summed E-state index contributed by atoms with van der Waals surface area (Å²) in [6.45, 7) is 0.0506. The number of carbonyl (C=O) groups is 1. The maximum absolute atomic E-state index is 13.0. The van der Waals surface area contributed by atoms with Crippen molar-refractivity contribution in [3.63, 3.8) is 0 Å². The number of halogens is 2. The minimum atomic E-state index is -4.09. The third kappa shape index (κ3) is 3.53. The molecule has 1 saturated heterocycles. The number of carboxylic acid groups (broad SMARTS) is 1. The molecule has 6 nitrogen and oxygen atoms in total. The number of phenolic OH excluding ortho intramolecular Hbond substituents is 1. The number of carboxylic acids is 1. The highest BCUT2D eigenvalue weighted by atomic mass is 35.5. The van der Waals surface area contributed by atoms with E-state index in [1.54, 1.807) is 12.1 Å². The molecule has 1 heterocycles. The number of benzene rings is 2. The number of rotatable bonds is 4. The Kier molecular flexibility index (Phi) is 5.16. The van der Waals surface area contributed by atoms with Crippen LogP contribution < -0.4 is 0 Å². The number of aromatic hydroxyl groups is 1. The Balaban J connectivity index is 2.01. The molecule has 138 valence electrons. The SMILES string of the molecule is O=C(O)C1C(c2ccc(O)cc2)CCN1S(=O)(=O)c1cc(Cl)cc(Cl)c1. The molecule has 0 aliphatic carbocycles. The van der Waals surface area contributed by atoms with Gasteiger partial charge in [-0.2, -0.15) is 4.31 Å². The fourth-order valence-electron chi connectivity index (χ4n) is 3.21. The lowest BCUT2D eigenvalue weighted by Crippen LogP contribution is -2.42. The van der Waals surface area contributed by atoms with Crippen LogP contribution in [0.2, 0.25) is 10.0 Å². The van der Waals surface area contributed by atoms with Gasteiger partial charge in [-0.3, -0.25) is 4.79 Å². The van der Waals surface area contributed by atoms with Crippen LogP contribution >= 0.6 is 23.2 Å². The van der Waals surface area contributed by atoms with Crippen LogP contribution in [0.3, 0.4) is 0 Å². The molecule has 2 atom stereocenters. The standard InChI is InChI=1S/C17H15Cl2NO5S/c18-11-7-12(19)9-14(8-11)26(24,25)20-6-5-15(16(20)17(22)23)10-1-3-13(21)4-2-10/h1-4,7-9,15-16,21H,5-6H2,(H,22,23). The van der Waals surface area contributed by atoms with E-state index in [0.717, 1.165) is 4.31 Å². The third-order valence-electron chi connectivity index (χ3n) is 4.37. The van der Waals surface area contributed by atoms with E-state index >= 15 is 0 Å². The highest BCUT2D eigenvalue weighted by molar-refractivity contribution is 7.89. The average Bonchev–Trinajstić information content (AvgIpc) is 3.00. The lowest BCUT2D eigenvalue weighted by Gasteiger charge is -2.24. The van der Waals surface area contributed by atoms with Gasteiger partial charge in [0.05, 0.1) is 4.90 Å². The van der Waals surface area contributed by atoms with Crippen molar-refractivity contribution in [2.75, 3.05) is 6.54 Å². The van der Waals surface area contributed by atoms with Gasteiger partial charge in [-0.05, 0) is 42.3 Å². The van der Waals surface area contributed by atoms with Gasteiger partial charge in [0.2, 0.25) is 10.0 Å². The summed E-state index contributed by atoms with van der Waals surface area (Å²) in [7, 11) is -4.09. The van der Waals surface area contributed by atoms with Gasteiger partial charge < -0.3 is 10.2 Å². The van der Waals surface area contributed by atoms with E-state index in [1.165, 1.54) is 30.3 Å². The zero-order valence-electron chi connectivity index (χ0n) is 13.3. The first kappa shape index (κ1) is 19.0. The third-order valence-corrected chi connectivity index (χ3v) is 6.66. The van der Waals surface area contributed by atoms with Crippen LogP contribution in [0.1, 0.15) is 17.9 Å². The van der Waals surface area contributed by atoms with Crippen LogP contribution in [0.4, 0.5) is 0 Å². The molecule has 0 amide bonds. The number of sulfonamides is 1. The minimum absolute atomic E-state index is 0.0506. The molecule has 9 heteroatoms. The quantitative estimate of drug-likeness (QED) is 0.798. The number of hydrogen-bond acceptors (Lipinski definition) is 4. The highest BCUT2D eigenvalue weighted by Crippen LogP contribution is 2.38. The van der Waals surface area contributed by atoms with E-state index in [2.05, 4.69) is 0 Å². The predicted molar refractivity (Wildman–Crippen MR) is 97.2 cm³/mol. The Hall–Kier alpha value is -1.80. The summed E-state index contributed by atoms with van der Waals surface area (Å²) in [5.74, 6) is -1.72. The Morgan fingerprint density at radius 3 is 2.19 bits per heavy atom. The molecule has 3 rings (SSSR count). The van der Waals surface area contributed by atoms with Gasteiger partial charge >= 0.3 is 5.97 Å². The van der Waals surface area contributed by atoms with Crippen LogP contribution in [-0.4, -0.2) is 41.5 Å². The molecular formula is C17H15Cl2NO5S. The molecule has 2 aromatic carbocycles. The molecule has 26 heavy (non-hydrogen) atoms. The van der Waals surface area contributed by atoms with Crippen molar-refractivity contribution in [3.05, 3.63) is 58.1 Å². The maximum Gasteiger partial charge on any atom is 0.322 e. The first-order chi connectivity index (χ1) is 12.2. The van der Waals surface area contributed by atoms with Crippen molar-refractivity contribution in [2.45, 2.75) is 23.3 Å². The summed E-state index contributed by atoms with van der Waals surface area (Å²) < 4.78 is 26.9. The van der Waals surface area contributed by atoms with Crippen LogP contribution in [0.25, 0.3) is 0 Å². The smallest absolute Gasteiger partial charge is 0.322 e. The van der Waals surface area contributed by atoms with Gasteiger partial charge in [0, 0.05) is 22.5 Å². The Bertz CT molecular complexity index is 926. The van der Waals surface area contributed by atoms with Crippen molar-refractivity contribution in [3.8, 4) is 5.75 Å². The monoisotopic (exact) mass is 415 g/mol. The van der Waals surface area contributed by atoms with Gasteiger partial charge in [0.15, 0.2) is 0 Å². The number of aliphatic carboxylic acids is 1. The lowest BCUT2D eigenvalue weighted by atomic mass is 9.92. The van der Waals surface area contributed by atoms with E-state index in [1.807, 2.05) is 0 Å². The summed E-state index contributed by atoms with van der Waals surface area (Å²) in [6, 6.07) is 8.72. The summed E-state index contributed by atoms with van der Waals surface area (Å²) in [5.41, 5.74) is 0.650. The first-order valence-electron chi connectivity index (χ1n) is 7.70. The van der Waals surface area contributed by atoms with Crippen molar-refractivity contribution in [2.24, 2.45) is 0 Å². The van der Waals surface area contributed by atoms with Gasteiger partial charge in [-0.25, -0.2) is 8.42 Å².